The third kappa shape index (κ3) is 5.46. The van der Waals surface area contributed by atoms with Gasteiger partial charge in [-0.25, -0.2) is 17.6 Å². The van der Waals surface area contributed by atoms with Crippen molar-refractivity contribution in [2.24, 2.45) is 4.99 Å². The molecule has 1 N–H and O–H groups in total. The van der Waals surface area contributed by atoms with Crippen LogP contribution < -0.4 is 5.32 Å². The molecule has 0 bridgehead atoms. The van der Waals surface area contributed by atoms with Gasteiger partial charge in [0.1, 0.15) is 29.3 Å². The number of carbonyl (C=O) groups excluding carboxylic acids is 1. The molecule has 4 aromatic rings. The fourth-order valence-electron chi connectivity index (χ4n) is 3.72. The number of amides is 1. The van der Waals surface area contributed by atoms with Crippen LogP contribution in [0.15, 0.2) is 102 Å². The molecule has 0 aliphatic carbocycles. The van der Waals surface area contributed by atoms with Crippen LogP contribution in [0.3, 0.4) is 0 Å². The summed E-state index contributed by atoms with van der Waals surface area (Å²) < 4.78 is 58.4. The van der Waals surface area contributed by atoms with E-state index in [-0.39, 0.29) is 22.3 Å². The van der Waals surface area contributed by atoms with E-state index in [9.17, 15) is 22.4 Å². The van der Waals surface area contributed by atoms with Gasteiger partial charge in [-0.2, -0.15) is 0 Å². The summed E-state index contributed by atoms with van der Waals surface area (Å²) >= 11 is 0. The van der Waals surface area contributed by atoms with Crippen molar-refractivity contribution in [3.05, 3.63) is 143 Å². The highest BCUT2D eigenvalue weighted by Crippen LogP contribution is 2.35. The van der Waals surface area contributed by atoms with Gasteiger partial charge in [-0.1, -0.05) is 66.7 Å². The van der Waals surface area contributed by atoms with E-state index in [1.807, 2.05) is 0 Å². The SMILES string of the molecule is O=C(N[C@@H](c1ccccc1F)[C@H](N=Cc1ccccc1F)c1ccccc1F)c1ccccc1F. The molecule has 0 saturated heterocycles. The molecule has 0 fully saturated rings. The summed E-state index contributed by atoms with van der Waals surface area (Å²) in [4.78, 5) is 17.4. The van der Waals surface area contributed by atoms with E-state index in [1.165, 1.54) is 79.0 Å². The molecule has 0 radical (unpaired) electrons. The monoisotopic (exact) mass is 476 g/mol. The van der Waals surface area contributed by atoms with E-state index >= 15 is 0 Å². The van der Waals surface area contributed by atoms with Crippen molar-refractivity contribution in [1.29, 1.82) is 0 Å². The Morgan fingerprint density at radius 2 is 1.17 bits per heavy atom. The second-order valence-electron chi connectivity index (χ2n) is 7.72. The van der Waals surface area contributed by atoms with Crippen LogP contribution in [0.1, 0.15) is 39.1 Å². The molecule has 2 atom stereocenters. The second kappa shape index (κ2) is 10.8. The van der Waals surface area contributed by atoms with Crippen LogP contribution in [0.4, 0.5) is 17.6 Å². The van der Waals surface area contributed by atoms with Crippen LogP contribution in [0.2, 0.25) is 0 Å². The van der Waals surface area contributed by atoms with Crippen LogP contribution in [-0.4, -0.2) is 12.1 Å². The zero-order valence-electron chi connectivity index (χ0n) is 18.3. The summed E-state index contributed by atoms with van der Waals surface area (Å²) in [7, 11) is 0. The summed E-state index contributed by atoms with van der Waals surface area (Å²) in [5.41, 5.74) is -0.0842. The lowest BCUT2D eigenvalue weighted by Gasteiger charge is -2.27. The molecule has 0 unspecified atom stereocenters. The lowest BCUT2D eigenvalue weighted by Crippen LogP contribution is -2.33. The number of rotatable bonds is 7. The van der Waals surface area contributed by atoms with Crippen molar-refractivity contribution in [3.63, 3.8) is 0 Å². The molecule has 0 heterocycles. The summed E-state index contributed by atoms with van der Waals surface area (Å²) in [6, 6.07) is 20.1. The predicted octanol–water partition coefficient (Wildman–Crippen LogP) is 6.57. The maximum absolute atomic E-state index is 14.9. The highest BCUT2D eigenvalue weighted by Gasteiger charge is 2.31. The van der Waals surface area contributed by atoms with E-state index in [4.69, 9.17) is 0 Å². The Labute approximate surface area is 199 Å². The van der Waals surface area contributed by atoms with Crippen molar-refractivity contribution in [2.75, 3.05) is 0 Å². The van der Waals surface area contributed by atoms with Crippen molar-refractivity contribution >= 4 is 12.1 Å². The first-order valence-electron chi connectivity index (χ1n) is 10.8. The van der Waals surface area contributed by atoms with Crippen molar-refractivity contribution < 1.29 is 22.4 Å². The zero-order valence-corrected chi connectivity index (χ0v) is 18.3. The molecule has 0 aliphatic heterocycles. The summed E-state index contributed by atoms with van der Waals surface area (Å²) in [6.45, 7) is 0. The van der Waals surface area contributed by atoms with Gasteiger partial charge in [0, 0.05) is 22.9 Å². The Bertz CT molecular complexity index is 1370. The molecule has 3 nitrogen and oxygen atoms in total. The highest BCUT2D eigenvalue weighted by atomic mass is 19.1. The Kier molecular flexibility index (Phi) is 7.35. The number of hydrogen-bond donors (Lipinski definition) is 1. The molecule has 0 saturated carbocycles. The second-order valence-corrected chi connectivity index (χ2v) is 7.72. The van der Waals surface area contributed by atoms with Gasteiger partial charge >= 0.3 is 0 Å². The first-order valence-corrected chi connectivity index (χ1v) is 10.8. The lowest BCUT2D eigenvalue weighted by atomic mass is 9.92. The minimum absolute atomic E-state index is 0.0103. The molecule has 0 aromatic heterocycles. The summed E-state index contributed by atoms with van der Waals surface area (Å²) in [5.74, 6) is -3.48. The molecular formula is C28H20F4N2O. The number of carbonyl (C=O) groups is 1. The van der Waals surface area contributed by atoms with Gasteiger partial charge in [-0.05, 0) is 30.3 Å². The van der Waals surface area contributed by atoms with Crippen LogP contribution in [0.5, 0.6) is 0 Å². The van der Waals surface area contributed by atoms with E-state index in [0.29, 0.717) is 0 Å². The van der Waals surface area contributed by atoms with Gasteiger partial charge < -0.3 is 5.32 Å². The van der Waals surface area contributed by atoms with Crippen molar-refractivity contribution in [3.8, 4) is 0 Å². The maximum atomic E-state index is 14.9. The van der Waals surface area contributed by atoms with E-state index in [0.717, 1.165) is 6.07 Å². The van der Waals surface area contributed by atoms with E-state index in [2.05, 4.69) is 10.3 Å². The molecule has 4 rings (SSSR count). The van der Waals surface area contributed by atoms with Crippen LogP contribution in [0, 0.1) is 23.3 Å². The van der Waals surface area contributed by atoms with Gasteiger partial charge in [0.15, 0.2) is 0 Å². The quantitative estimate of drug-likeness (QED) is 0.238. The number of hydrogen-bond acceptors (Lipinski definition) is 2. The Morgan fingerprint density at radius 1 is 0.657 bits per heavy atom. The zero-order chi connectivity index (χ0) is 24.8. The maximum Gasteiger partial charge on any atom is 0.254 e. The first-order chi connectivity index (χ1) is 17.0. The van der Waals surface area contributed by atoms with Crippen LogP contribution >= 0.6 is 0 Å². The summed E-state index contributed by atoms with van der Waals surface area (Å²) in [5, 5.41) is 2.61. The smallest absolute Gasteiger partial charge is 0.254 e. The number of aliphatic imine (C=N–C) groups is 1. The Balaban J connectivity index is 1.85. The molecule has 0 aliphatic rings. The molecule has 4 aromatic carbocycles. The average Bonchev–Trinajstić information content (AvgIpc) is 2.86. The summed E-state index contributed by atoms with van der Waals surface area (Å²) in [6.07, 6.45) is 1.20. The molecular weight excluding hydrogens is 456 g/mol. The third-order valence-electron chi connectivity index (χ3n) is 5.46. The highest BCUT2D eigenvalue weighted by molar-refractivity contribution is 5.94. The molecule has 176 valence electrons. The molecule has 7 heteroatoms. The third-order valence-corrected chi connectivity index (χ3v) is 5.46. The Morgan fingerprint density at radius 3 is 1.77 bits per heavy atom. The van der Waals surface area contributed by atoms with Crippen molar-refractivity contribution in [1.82, 2.24) is 5.32 Å². The van der Waals surface area contributed by atoms with Gasteiger partial charge in [0.2, 0.25) is 0 Å². The topological polar surface area (TPSA) is 41.5 Å². The Hall–Kier alpha value is -4.26. The molecule has 35 heavy (non-hydrogen) atoms. The number of nitrogens with zero attached hydrogens (tertiary/aromatic N) is 1. The van der Waals surface area contributed by atoms with Gasteiger partial charge in [-0.3, -0.25) is 9.79 Å². The van der Waals surface area contributed by atoms with Crippen molar-refractivity contribution in [2.45, 2.75) is 12.1 Å². The van der Waals surface area contributed by atoms with E-state index in [1.54, 1.807) is 18.2 Å². The number of nitrogens with one attached hydrogen (secondary N) is 1. The lowest BCUT2D eigenvalue weighted by molar-refractivity contribution is 0.0925. The fourth-order valence-corrected chi connectivity index (χ4v) is 3.72. The standard InChI is InChI=1S/C28H20F4N2O/c29-22-13-5-1-9-18(22)17-33-26(19-10-2-6-14-23(19)30)27(20-11-3-7-15-24(20)31)34-28(35)21-12-4-8-16-25(21)32/h1-17,26-27H,(H,34,35)/t26-,27+/m1/s1. The van der Waals surface area contributed by atoms with Crippen LogP contribution in [0.25, 0.3) is 0 Å². The largest absolute Gasteiger partial charge is 0.342 e. The predicted molar refractivity (Wildman–Crippen MR) is 126 cm³/mol. The van der Waals surface area contributed by atoms with Gasteiger partial charge in [-0.15, -0.1) is 0 Å². The fraction of sp³-hybridized carbons (Fsp3) is 0.0714. The van der Waals surface area contributed by atoms with E-state index < -0.39 is 41.3 Å². The average molecular weight is 476 g/mol. The van der Waals surface area contributed by atoms with Gasteiger partial charge in [0.05, 0.1) is 11.6 Å². The molecule has 0 spiro atoms. The van der Waals surface area contributed by atoms with Crippen LogP contribution in [-0.2, 0) is 0 Å². The minimum Gasteiger partial charge on any atom is -0.342 e. The minimum atomic E-state index is -1.25. The normalized spacial score (nSPS) is 12.9. The van der Waals surface area contributed by atoms with Gasteiger partial charge in [0.25, 0.3) is 5.91 Å². The first kappa shape index (κ1) is 23.9. The number of benzene rings is 4. The molecule has 1 amide bonds. The number of halogens is 4.